The number of rotatable bonds is 10. The number of Topliss-reactive ketones (excluding diaryl/α,β-unsaturated/α-hetero) is 1. The number of carbonyl (C=O) groups excluding carboxylic acids is 1. The third-order valence-corrected chi connectivity index (χ3v) is 7.47. The normalized spacial score (nSPS) is 15.2. The van der Waals surface area contributed by atoms with E-state index >= 15 is 0 Å². The highest BCUT2D eigenvalue weighted by molar-refractivity contribution is 5.75. The number of carbonyl (C=O) groups is 1. The Hall–Kier alpha value is -2.31. The van der Waals surface area contributed by atoms with Crippen LogP contribution in [0.5, 0.6) is 0 Å². The van der Waals surface area contributed by atoms with E-state index in [0.29, 0.717) is 5.92 Å². The summed E-state index contributed by atoms with van der Waals surface area (Å²) in [5.74, 6) is 1.62. The van der Waals surface area contributed by atoms with Crippen molar-refractivity contribution in [1.29, 1.82) is 0 Å². The van der Waals surface area contributed by atoms with Crippen LogP contribution >= 0.6 is 0 Å². The highest BCUT2D eigenvalue weighted by atomic mass is 16.5. The van der Waals surface area contributed by atoms with E-state index in [9.17, 15) is 4.79 Å². The molecule has 6 nitrogen and oxygen atoms in total. The van der Waals surface area contributed by atoms with E-state index in [2.05, 4.69) is 83.0 Å². The highest BCUT2D eigenvalue weighted by Gasteiger charge is 2.30. The van der Waals surface area contributed by atoms with E-state index in [1.165, 1.54) is 11.1 Å². The van der Waals surface area contributed by atoms with Crippen LogP contribution in [0.4, 0.5) is 5.95 Å². The van der Waals surface area contributed by atoms with E-state index < -0.39 is 0 Å². The molecule has 3 unspecified atom stereocenters. The Balaban J connectivity index is 0. The lowest BCUT2D eigenvalue weighted by molar-refractivity contribution is -0.117. The molecule has 41 heavy (non-hydrogen) atoms. The zero-order valence-corrected chi connectivity index (χ0v) is 28.5. The summed E-state index contributed by atoms with van der Waals surface area (Å²) in [4.78, 5) is 19.5. The molecule has 1 aliphatic rings. The van der Waals surface area contributed by atoms with Gasteiger partial charge in [-0.1, -0.05) is 99.1 Å². The number of hydrogen-bond acceptors (Lipinski definition) is 6. The average molecular weight is 574 g/mol. The summed E-state index contributed by atoms with van der Waals surface area (Å²) < 4.78 is 5.75. The molecule has 1 aliphatic heterocycles. The number of anilines is 1. The van der Waals surface area contributed by atoms with Gasteiger partial charge in [0.05, 0.1) is 12.1 Å². The fourth-order valence-corrected chi connectivity index (χ4v) is 4.43. The van der Waals surface area contributed by atoms with Crippen LogP contribution in [-0.2, 0) is 27.8 Å². The van der Waals surface area contributed by atoms with Crippen LogP contribution in [0.15, 0.2) is 36.5 Å². The van der Waals surface area contributed by atoms with Gasteiger partial charge in [-0.25, -0.2) is 9.97 Å². The summed E-state index contributed by atoms with van der Waals surface area (Å²) >= 11 is 0. The van der Waals surface area contributed by atoms with Crippen LogP contribution in [0.1, 0.15) is 125 Å². The Kier molecular flexibility index (Phi) is 24.2. The van der Waals surface area contributed by atoms with Gasteiger partial charge in [0.2, 0.25) is 5.95 Å². The van der Waals surface area contributed by atoms with Crippen LogP contribution < -0.4 is 5.32 Å². The molecule has 1 aromatic carbocycles. The monoisotopic (exact) mass is 573 g/mol. The Morgan fingerprint density at radius 1 is 1.07 bits per heavy atom. The summed E-state index contributed by atoms with van der Waals surface area (Å²) in [6.45, 7) is 24.2. The number of ketones is 1. The topological polar surface area (TPSA) is 84.3 Å². The molecule has 3 atom stereocenters. The van der Waals surface area contributed by atoms with Crippen LogP contribution in [0.2, 0.25) is 0 Å². The molecule has 0 amide bonds. The first-order valence-corrected chi connectivity index (χ1v) is 15.8. The molecule has 1 saturated heterocycles. The van der Waals surface area contributed by atoms with Gasteiger partial charge >= 0.3 is 0 Å². The van der Waals surface area contributed by atoms with E-state index in [-0.39, 0.29) is 23.3 Å². The van der Waals surface area contributed by atoms with Crippen LogP contribution in [0.3, 0.4) is 0 Å². The molecule has 236 valence electrons. The second-order valence-corrected chi connectivity index (χ2v) is 10.7. The van der Waals surface area contributed by atoms with Crippen molar-refractivity contribution in [3.8, 4) is 0 Å². The van der Waals surface area contributed by atoms with Gasteiger partial charge in [-0.2, -0.15) is 0 Å². The number of benzene rings is 1. The summed E-state index contributed by atoms with van der Waals surface area (Å²) in [6, 6.07) is 10.7. The smallest absolute Gasteiger partial charge is 0.223 e. The van der Waals surface area contributed by atoms with E-state index in [0.717, 1.165) is 70.3 Å². The summed E-state index contributed by atoms with van der Waals surface area (Å²) in [7, 11) is 1.00. The van der Waals surface area contributed by atoms with Gasteiger partial charge < -0.3 is 20.0 Å². The van der Waals surface area contributed by atoms with Crippen molar-refractivity contribution < 1.29 is 14.6 Å². The zero-order chi connectivity index (χ0) is 31.8. The van der Waals surface area contributed by atoms with Gasteiger partial charge in [-0.3, -0.25) is 0 Å². The van der Waals surface area contributed by atoms with Gasteiger partial charge in [0.1, 0.15) is 5.78 Å². The number of nitrogens with zero attached hydrogens (tertiary/aromatic N) is 2. The lowest BCUT2D eigenvalue weighted by Gasteiger charge is -2.33. The quantitative estimate of drug-likeness (QED) is 0.296. The van der Waals surface area contributed by atoms with Crippen molar-refractivity contribution in [3.63, 3.8) is 0 Å². The van der Waals surface area contributed by atoms with Gasteiger partial charge in [-0.05, 0) is 68.4 Å². The number of hydrogen-bond donors (Lipinski definition) is 2. The number of ether oxygens (including phenoxy) is 1. The minimum absolute atomic E-state index is 0.0960. The maximum absolute atomic E-state index is 10.0. The van der Waals surface area contributed by atoms with Crippen LogP contribution in [-0.4, -0.2) is 46.7 Å². The standard InChI is InChI=1S/C19H33N3O.C8H10.C5H10O.C2H6.CH4O/c1-7-13(3)19(5,6)15-12-20-18(22-16(15)8-2)21-14(4)17-10-9-11-23-17;1-2-8-6-4-3-5-7-8;1-3-4-5(2)6;2*1-2/h12-14,17H,7-11H2,1-6H3,(H,20,21,22);3-7H,2H2,1H3;3-4H2,1-2H3;1-2H3;2H,1H3. The number of aliphatic hydroxyl groups is 1. The van der Waals surface area contributed by atoms with E-state index in [4.69, 9.17) is 14.8 Å². The Morgan fingerprint density at radius 2 is 1.68 bits per heavy atom. The lowest BCUT2D eigenvalue weighted by Crippen LogP contribution is -2.32. The van der Waals surface area contributed by atoms with Crippen LogP contribution in [0, 0.1) is 5.92 Å². The molecular weight excluding hydrogens is 510 g/mol. The molecule has 0 aliphatic carbocycles. The summed E-state index contributed by atoms with van der Waals surface area (Å²) in [5, 5.41) is 10.4. The Bertz CT molecular complexity index is 897. The molecule has 1 fully saturated rings. The van der Waals surface area contributed by atoms with Crippen molar-refractivity contribution in [2.75, 3.05) is 19.0 Å². The third kappa shape index (κ3) is 16.1. The fourth-order valence-electron chi connectivity index (χ4n) is 4.43. The minimum atomic E-state index is 0.0960. The molecule has 2 N–H and O–H groups in total. The minimum Gasteiger partial charge on any atom is -0.400 e. The van der Waals surface area contributed by atoms with Crippen molar-refractivity contribution in [2.45, 2.75) is 139 Å². The molecule has 0 radical (unpaired) electrons. The van der Waals surface area contributed by atoms with Crippen molar-refractivity contribution in [1.82, 2.24) is 9.97 Å². The maximum Gasteiger partial charge on any atom is 0.223 e. The Morgan fingerprint density at radius 3 is 2.07 bits per heavy atom. The molecule has 2 heterocycles. The van der Waals surface area contributed by atoms with Crippen molar-refractivity contribution in [2.24, 2.45) is 5.92 Å². The predicted octanol–water partition coefficient (Wildman–Crippen LogP) is 8.60. The number of aryl methyl sites for hydroxylation is 2. The summed E-state index contributed by atoms with van der Waals surface area (Å²) in [5.41, 5.74) is 3.95. The fraction of sp³-hybridized carbons (Fsp3) is 0.686. The first-order valence-electron chi connectivity index (χ1n) is 15.8. The molecule has 0 bridgehead atoms. The van der Waals surface area contributed by atoms with Crippen molar-refractivity contribution in [3.05, 3.63) is 53.3 Å². The maximum atomic E-state index is 10.0. The molecule has 0 saturated carbocycles. The van der Waals surface area contributed by atoms with Crippen LogP contribution in [0.25, 0.3) is 0 Å². The molecule has 3 rings (SSSR count). The van der Waals surface area contributed by atoms with Crippen molar-refractivity contribution >= 4 is 11.7 Å². The van der Waals surface area contributed by atoms with Gasteiger partial charge in [0.25, 0.3) is 0 Å². The van der Waals surface area contributed by atoms with E-state index in [1.807, 2.05) is 33.0 Å². The van der Waals surface area contributed by atoms with Gasteiger partial charge in [0.15, 0.2) is 0 Å². The van der Waals surface area contributed by atoms with E-state index in [1.54, 1.807) is 6.92 Å². The van der Waals surface area contributed by atoms with Gasteiger partial charge in [-0.15, -0.1) is 0 Å². The average Bonchev–Trinajstić information content (AvgIpc) is 3.55. The lowest BCUT2D eigenvalue weighted by atomic mass is 9.73. The highest BCUT2D eigenvalue weighted by Crippen LogP contribution is 2.35. The molecule has 2 aromatic rings. The predicted molar refractivity (Wildman–Crippen MR) is 177 cm³/mol. The molecule has 1 aromatic heterocycles. The summed E-state index contributed by atoms with van der Waals surface area (Å²) in [6.07, 6.45) is 9.53. The zero-order valence-electron chi connectivity index (χ0n) is 28.5. The molecular formula is C35H63N3O3. The second kappa shape index (κ2) is 24.3. The van der Waals surface area contributed by atoms with Gasteiger partial charge in [0, 0.05) is 32.0 Å². The number of aromatic nitrogens is 2. The Labute approximate surface area is 253 Å². The molecule has 6 heteroatoms. The second-order valence-electron chi connectivity index (χ2n) is 10.7. The molecule has 0 spiro atoms. The third-order valence-electron chi connectivity index (χ3n) is 7.47. The number of nitrogens with one attached hydrogen (secondary N) is 1. The largest absolute Gasteiger partial charge is 0.400 e. The first kappa shape index (κ1) is 40.8. The SMILES string of the molecule is CC.CCCC(C)=O.CCc1ccccc1.CCc1nc(NC(C)C2CCCO2)ncc1C(C)(C)C(C)CC.CO. The first-order chi connectivity index (χ1) is 19.6. The number of aliphatic hydroxyl groups excluding tert-OH is 1.